The minimum Gasteiger partial charge on any atom is -0.394 e. The maximum atomic E-state index is 9.10. The Balaban J connectivity index is 2.28. The Bertz CT molecular complexity index is 261. The van der Waals surface area contributed by atoms with Crippen molar-refractivity contribution in [2.45, 2.75) is 16.8 Å². The zero-order chi connectivity index (χ0) is 10.4. The molecule has 1 atom stereocenters. The largest absolute Gasteiger partial charge is 0.394 e. The van der Waals surface area contributed by atoms with Crippen molar-refractivity contribution in [1.29, 1.82) is 0 Å². The number of hydrogen-bond acceptors (Lipinski definition) is 4. The Labute approximate surface area is 93.8 Å². The second kappa shape index (κ2) is 6.35. The molecule has 0 fully saturated rings. The molecular formula is C10H14O2S2. The molecule has 1 rings (SSSR count). The van der Waals surface area contributed by atoms with Gasteiger partial charge in [-0.15, -0.1) is 12.6 Å². The summed E-state index contributed by atoms with van der Waals surface area (Å²) in [5, 5.41) is 17.7. The molecule has 4 heteroatoms. The van der Waals surface area contributed by atoms with Crippen LogP contribution in [0.1, 0.15) is 5.56 Å². The van der Waals surface area contributed by atoms with Crippen LogP contribution in [0, 0.1) is 0 Å². The normalized spacial score (nSPS) is 12.8. The average molecular weight is 230 g/mol. The van der Waals surface area contributed by atoms with Crippen LogP contribution in [0.5, 0.6) is 0 Å². The van der Waals surface area contributed by atoms with Crippen molar-refractivity contribution >= 4 is 24.4 Å². The summed E-state index contributed by atoms with van der Waals surface area (Å²) < 4.78 is 0. The lowest BCUT2D eigenvalue weighted by Crippen LogP contribution is -2.14. The lowest BCUT2D eigenvalue weighted by molar-refractivity contribution is 0.113. The molecule has 0 amide bonds. The number of thioether (sulfide) groups is 1. The molecular weight excluding hydrogens is 216 g/mol. The quantitative estimate of drug-likeness (QED) is 0.672. The minimum absolute atomic E-state index is 0.164. The van der Waals surface area contributed by atoms with Gasteiger partial charge >= 0.3 is 0 Å². The third kappa shape index (κ3) is 4.37. The number of benzene rings is 1. The van der Waals surface area contributed by atoms with Gasteiger partial charge in [-0.25, -0.2) is 0 Å². The van der Waals surface area contributed by atoms with E-state index in [0.29, 0.717) is 5.75 Å². The molecule has 14 heavy (non-hydrogen) atoms. The van der Waals surface area contributed by atoms with Gasteiger partial charge in [-0.2, -0.15) is 11.8 Å². The summed E-state index contributed by atoms with van der Waals surface area (Å²) >= 11 is 5.80. The van der Waals surface area contributed by atoms with Gasteiger partial charge in [0.05, 0.1) is 12.7 Å². The van der Waals surface area contributed by atoms with Crippen molar-refractivity contribution in [2.75, 3.05) is 12.4 Å². The van der Waals surface area contributed by atoms with Crippen LogP contribution in [-0.2, 0) is 5.75 Å². The van der Waals surface area contributed by atoms with Crippen molar-refractivity contribution in [3.05, 3.63) is 29.8 Å². The molecule has 2 nitrogen and oxygen atoms in total. The molecule has 78 valence electrons. The van der Waals surface area contributed by atoms with Crippen LogP contribution in [0.2, 0.25) is 0 Å². The van der Waals surface area contributed by atoms with Gasteiger partial charge in [0.1, 0.15) is 0 Å². The van der Waals surface area contributed by atoms with E-state index in [1.807, 2.05) is 24.3 Å². The number of thiol groups is 1. The van der Waals surface area contributed by atoms with Crippen molar-refractivity contribution in [1.82, 2.24) is 0 Å². The molecule has 0 radical (unpaired) electrons. The van der Waals surface area contributed by atoms with E-state index >= 15 is 0 Å². The summed E-state index contributed by atoms with van der Waals surface area (Å²) in [5.41, 5.74) is 1.21. The fourth-order valence-corrected chi connectivity index (χ4v) is 2.03. The van der Waals surface area contributed by atoms with Gasteiger partial charge in [0, 0.05) is 16.4 Å². The molecule has 0 aromatic heterocycles. The molecule has 2 N–H and O–H groups in total. The van der Waals surface area contributed by atoms with Crippen LogP contribution in [0.4, 0.5) is 0 Å². The van der Waals surface area contributed by atoms with Crippen LogP contribution in [0.15, 0.2) is 29.2 Å². The van der Waals surface area contributed by atoms with Gasteiger partial charge in [0.25, 0.3) is 0 Å². The van der Waals surface area contributed by atoms with Crippen LogP contribution < -0.4 is 0 Å². The van der Waals surface area contributed by atoms with Gasteiger partial charge in [0.2, 0.25) is 0 Å². The first kappa shape index (κ1) is 11.9. The molecule has 0 heterocycles. The Kier molecular flexibility index (Phi) is 5.40. The third-order valence-electron chi connectivity index (χ3n) is 1.73. The van der Waals surface area contributed by atoms with E-state index in [2.05, 4.69) is 12.6 Å². The summed E-state index contributed by atoms with van der Waals surface area (Å²) in [7, 11) is 0. The predicted molar refractivity (Wildman–Crippen MR) is 62.9 cm³/mol. The van der Waals surface area contributed by atoms with Gasteiger partial charge < -0.3 is 10.2 Å². The SMILES string of the molecule is OCC(O)CSCc1ccc(S)cc1. The van der Waals surface area contributed by atoms with E-state index in [0.717, 1.165) is 10.6 Å². The summed E-state index contributed by atoms with van der Waals surface area (Å²) in [6.07, 6.45) is -0.607. The number of aliphatic hydroxyl groups is 2. The van der Waals surface area contributed by atoms with Crippen LogP contribution in [0.25, 0.3) is 0 Å². The van der Waals surface area contributed by atoms with E-state index in [9.17, 15) is 0 Å². The lowest BCUT2D eigenvalue weighted by atomic mass is 10.2. The zero-order valence-electron chi connectivity index (χ0n) is 7.76. The first-order valence-corrected chi connectivity index (χ1v) is 5.97. The standard InChI is InChI=1S/C10H14O2S2/c11-5-9(12)7-14-6-8-1-3-10(13)4-2-8/h1-4,9,11-13H,5-7H2. The van der Waals surface area contributed by atoms with E-state index in [4.69, 9.17) is 10.2 Å². The molecule has 1 aromatic carbocycles. The van der Waals surface area contributed by atoms with Crippen molar-refractivity contribution < 1.29 is 10.2 Å². The molecule has 1 aromatic rings. The monoisotopic (exact) mass is 230 g/mol. The van der Waals surface area contributed by atoms with Crippen LogP contribution >= 0.6 is 24.4 Å². The van der Waals surface area contributed by atoms with Crippen LogP contribution in [0.3, 0.4) is 0 Å². The Morgan fingerprint density at radius 1 is 1.29 bits per heavy atom. The van der Waals surface area contributed by atoms with Gasteiger partial charge in [-0.3, -0.25) is 0 Å². The highest BCUT2D eigenvalue weighted by Crippen LogP contribution is 2.15. The molecule has 1 unspecified atom stereocenters. The van der Waals surface area contributed by atoms with Gasteiger partial charge in [-0.1, -0.05) is 12.1 Å². The number of hydrogen-bond donors (Lipinski definition) is 3. The summed E-state index contributed by atoms with van der Waals surface area (Å²) in [5.74, 6) is 1.42. The average Bonchev–Trinajstić information content (AvgIpc) is 2.21. The Morgan fingerprint density at radius 3 is 2.50 bits per heavy atom. The summed E-state index contributed by atoms with van der Waals surface area (Å²) in [6.45, 7) is -0.164. The fraction of sp³-hybridized carbons (Fsp3) is 0.400. The molecule has 0 aliphatic carbocycles. The van der Waals surface area contributed by atoms with E-state index in [1.165, 1.54) is 5.56 Å². The van der Waals surface area contributed by atoms with Gasteiger partial charge in [0.15, 0.2) is 0 Å². The molecule has 0 bridgehead atoms. The first-order chi connectivity index (χ1) is 6.72. The topological polar surface area (TPSA) is 40.5 Å². The zero-order valence-corrected chi connectivity index (χ0v) is 9.47. The maximum Gasteiger partial charge on any atom is 0.0861 e. The summed E-state index contributed by atoms with van der Waals surface area (Å²) in [6, 6.07) is 7.92. The highest BCUT2D eigenvalue weighted by Gasteiger charge is 2.01. The third-order valence-corrected chi connectivity index (χ3v) is 3.18. The maximum absolute atomic E-state index is 9.10. The number of aliphatic hydroxyl groups excluding tert-OH is 2. The molecule has 0 saturated carbocycles. The van der Waals surface area contributed by atoms with Gasteiger partial charge in [-0.05, 0) is 17.7 Å². The van der Waals surface area contributed by atoms with Crippen molar-refractivity contribution in [3.63, 3.8) is 0 Å². The Hall–Kier alpha value is -0.160. The van der Waals surface area contributed by atoms with E-state index < -0.39 is 6.10 Å². The first-order valence-electron chi connectivity index (χ1n) is 4.37. The highest BCUT2D eigenvalue weighted by molar-refractivity contribution is 7.98. The second-order valence-electron chi connectivity index (χ2n) is 3.02. The summed E-state index contributed by atoms with van der Waals surface area (Å²) in [4.78, 5) is 0.953. The minimum atomic E-state index is -0.607. The number of rotatable bonds is 5. The Morgan fingerprint density at radius 2 is 1.93 bits per heavy atom. The van der Waals surface area contributed by atoms with E-state index in [-0.39, 0.29) is 6.61 Å². The van der Waals surface area contributed by atoms with Crippen molar-refractivity contribution in [3.8, 4) is 0 Å². The molecule has 0 spiro atoms. The predicted octanol–water partition coefficient (Wildman–Crippen LogP) is 1.56. The van der Waals surface area contributed by atoms with Crippen molar-refractivity contribution in [2.24, 2.45) is 0 Å². The fourth-order valence-electron chi connectivity index (χ4n) is 0.958. The van der Waals surface area contributed by atoms with E-state index in [1.54, 1.807) is 11.8 Å². The molecule has 0 saturated heterocycles. The molecule has 0 aliphatic heterocycles. The smallest absolute Gasteiger partial charge is 0.0861 e. The highest BCUT2D eigenvalue weighted by atomic mass is 32.2. The van der Waals surface area contributed by atoms with Crippen LogP contribution in [-0.4, -0.2) is 28.7 Å². The second-order valence-corrected chi connectivity index (χ2v) is 4.56. The lowest BCUT2D eigenvalue weighted by Gasteiger charge is -2.06. The molecule has 0 aliphatic rings.